The Balaban J connectivity index is 1.77. The molecule has 2 heterocycles. The van der Waals surface area contributed by atoms with E-state index in [1.807, 2.05) is 12.1 Å². The third-order valence-electron chi connectivity index (χ3n) is 5.11. The van der Waals surface area contributed by atoms with Crippen LogP contribution in [0.5, 0.6) is 0 Å². The van der Waals surface area contributed by atoms with Gasteiger partial charge < -0.3 is 9.73 Å². The maximum Gasteiger partial charge on any atom is 0.251 e. The summed E-state index contributed by atoms with van der Waals surface area (Å²) < 4.78 is 33.6. The zero-order valence-corrected chi connectivity index (χ0v) is 18.9. The minimum absolute atomic E-state index is 0.0405. The van der Waals surface area contributed by atoms with Gasteiger partial charge in [0.25, 0.3) is 5.91 Å². The van der Waals surface area contributed by atoms with Crippen LogP contribution in [0, 0.1) is 6.92 Å². The van der Waals surface area contributed by atoms with E-state index < -0.39 is 15.6 Å². The lowest BCUT2D eigenvalue weighted by atomic mass is 10.1. The number of nitrogens with one attached hydrogen (secondary N) is 2. The standard InChI is InChI=1S/C22H31N3O4S/c1-16-9-10-17(30(27,28)24-22(2,3)4)14-18(16)21(26)23-15-19(20-8-7-13-29-20)25-11-5-6-12-25/h7-10,13-14,19,24H,5-6,11-12,15H2,1-4H3,(H,23,26). The number of rotatable bonds is 7. The Hall–Kier alpha value is -2.16. The SMILES string of the molecule is Cc1ccc(S(=O)(=O)NC(C)(C)C)cc1C(=O)NCC(c1ccco1)N1CCCC1. The lowest BCUT2D eigenvalue weighted by molar-refractivity contribution is 0.0933. The third-order valence-corrected chi connectivity index (χ3v) is 6.87. The summed E-state index contributed by atoms with van der Waals surface area (Å²) in [6, 6.07) is 8.36. The van der Waals surface area contributed by atoms with E-state index in [0.717, 1.165) is 37.3 Å². The van der Waals surface area contributed by atoms with Gasteiger partial charge in [-0.25, -0.2) is 13.1 Å². The summed E-state index contributed by atoms with van der Waals surface area (Å²) in [4.78, 5) is 15.3. The van der Waals surface area contributed by atoms with Crippen LogP contribution in [0.25, 0.3) is 0 Å². The van der Waals surface area contributed by atoms with E-state index in [0.29, 0.717) is 12.1 Å². The van der Waals surface area contributed by atoms with Crippen LogP contribution in [-0.4, -0.2) is 44.4 Å². The van der Waals surface area contributed by atoms with Crippen LogP contribution in [0.4, 0.5) is 0 Å². The molecule has 1 aromatic carbocycles. The number of sulfonamides is 1. The third kappa shape index (κ3) is 5.50. The molecule has 3 rings (SSSR count). The zero-order chi connectivity index (χ0) is 21.9. The maximum atomic E-state index is 12.9. The smallest absolute Gasteiger partial charge is 0.251 e. The average Bonchev–Trinajstić information content (AvgIpc) is 3.34. The number of nitrogens with zero attached hydrogens (tertiary/aromatic N) is 1. The first-order valence-corrected chi connectivity index (χ1v) is 11.8. The monoisotopic (exact) mass is 433 g/mol. The van der Waals surface area contributed by atoms with Crippen molar-refractivity contribution in [2.45, 2.75) is 57.0 Å². The highest BCUT2D eigenvalue weighted by molar-refractivity contribution is 7.89. The second kappa shape index (κ2) is 8.91. The van der Waals surface area contributed by atoms with Crippen molar-refractivity contribution in [1.29, 1.82) is 0 Å². The summed E-state index contributed by atoms with van der Waals surface area (Å²) in [5, 5.41) is 2.98. The largest absolute Gasteiger partial charge is 0.468 e. The van der Waals surface area contributed by atoms with Crippen LogP contribution >= 0.6 is 0 Å². The fourth-order valence-electron chi connectivity index (χ4n) is 3.70. The molecule has 0 bridgehead atoms. The molecule has 1 aliphatic heterocycles. The molecule has 0 radical (unpaired) electrons. The highest BCUT2D eigenvalue weighted by Crippen LogP contribution is 2.25. The van der Waals surface area contributed by atoms with Gasteiger partial charge in [-0.2, -0.15) is 0 Å². The summed E-state index contributed by atoms with van der Waals surface area (Å²) in [5.74, 6) is 0.524. The van der Waals surface area contributed by atoms with E-state index in [9.17, 15) is 13.2 Å². The molecule has 164 valence electrons. The normalized spacial score (nSPS) is 16.5. The number of amides is 1. The first kappa shape index (κ1) is 22.5. The van der Waals surface area contributed by atoms with Gasteiger partial charge in [0, 0.05) is 17.6 Å². The number of hydrogen-bond acceptors (Lipinski definition) is 5. The molecule has 1 fully saturated rings. The Kier molecular flexibility index (Phi) is 6.69. The Morgan fingerprint density at radius 2 is 1.90 bits per heavy atom. The van der Waals surface area contributed by atoms with Gasteiger partial charge in [0.05, 0.1) is 17.2 Å². The van der Waals surface area contributed by atoms with E-state index in [2.05, 4.69) is 14.9 Å². The number of benzene rings is 1. The number of furan rings is 1. The molecule has 0 saturated carbocycles. The van der Waals surface area contributed by atoms with Gasteiger partial charge in [0.2, 0.25) is 10.0 Å². The molecule has 7 nitrogen and oxygen atoms in total. The lowest BCUT2D eigenvalue weighted by Gasteiger charge is -2.26. The van der Waals surface area contributed by atoms with Gasteiger partial charge in [-0.15, -0.1) is 0 Å². The highest BCUT2D eigenvalue weighted by atomic mass is 32.2. The van der Waals surface area contributed by atoms with E-state index in [4.69, 9.17) is 4.42 Å². The Bertz CT molecular complexity index is 972. The number of carbonyl (C=O) groups is 1. The van der Waals surface area contributed by atoms with Gasteiger partial charge in [-0.05, 0) is 83.5 Å². The Morgan fingerprint density at radius 1 is 1.20 bits per heavy atom. The Morgan fingerprint density at radius 3 is 2.50 bits per heavy atom. The molecular weight excluding hydrogens is 402 g/mol. The van der Waals surface area contributed by atoms with Gasteiger partial charge in [-0.3, -0.25) is 9.69 Å². The van der Waals surface area contributed by atoms with E-state index in [1.165, 1.54) is 12.1 Å². The lowest BCUT2D eigenvalue weighted by Crippen LogP contribution is -2.40. The number of aryl methyl sites for hydroxylation is 1. The van der Waals surface area contributed by atoms with Crippen molar-refractivity contribution in [3.63, 3.8) is 0 Å². The second-order valence-corrected chi connectivity index (χ2v) is 10.5. The maximum absolute atomic E-state index is 12.9. The van der Waals surface area contributed by atoms with Gasteiger partial charge in [-0.1, -0.05) is 6.07 Å². The minimum atomic E-state index is -3.72. The molecule has 1 atom stereocenters. The summed E-state index contributed by atoms with van der Waals surface area (Å²) in [5.41, 5.74) is 0.460. The number of likely N-dealkylation sites (tertiary alicyclic amines) is 1. The van der Waals surface area contributed by atoms with E-state index in [-0.39, 0.29) is 16.8 Å². The molecule has 1 aliphatic rings. The molecule has 1 unspecified atom stereocenters. The predicted octanol–water partition coefficient (Wildman–Crippen LogP) is 3.23. The van der Waals surface area contributed by atoms with Crippen molar-refractivity contribution in [3.05, 3.63) is 53.5 Å². The molecule has 1 saturated heterocycles. The first-order chi connectivity index (χ1) is 14.1. The van der Waals surface area contributed by atoms with Gasteiger partial charge >= 0.3 is 0 Å². The van der Waals surface area contributed by atoms with Crippen molar-refractivity contribution in [1.82, 2.24) is 14.9 Å². The zero-order valence-electron chi connectivity index (χ0n) is 18.1. The number of carbonyl (C=O) groups excluding carboxylic acids is 1. The summed E-state index contributed by atoms with van der Waals surface area (Å²) >= 11 is 0. The molecule has 2 N–H and O–H groups in total. The van der Waals surface area contributed by atoms with Gasteiger partial charge in [0.15, 0.2) is 0 Å². The Labute approximate surface area is 178 Å². The summed E-state index contributed by atoms with van der Waals surface area (Å²) in [6.07, 6.45) is 3.90. The van der Waals surface area contributed by atoms with Gasteiger partial charge in [0.1, 0.15) is 5.76 Å². The van der Waals surface area contributed by atoms with Crippen LogP contribution in [0.2, 0.25) is 0 Å². The molecular formula is C22H31N3O4S. The van der Waals surface area contributed by atoms with E-state index in [1.54, 1.807) is 40.0 Å². The molecule has 0 spiro atoms. The predicted molar refractivity (Wildman–Crippen MR) is 116 cm³/mol. The van der Waals surface area contributed by atoms with Crippen molar-refractivity contribution >= 4 is 15.9 Å². The molecule has 30 heavy (non-hydrogen) atoms. The molecule has 8 heteroatoms. The fraction of sp³-hybridized carbons (Fsp3) is 0.500. The van der Waals surface area contributed by atoms with Crippen LogP contribution in [0.3, 0.4) is 0 Å². The fourth-order valence-corrected chi connectivity index (χ4v) is 5.15. The van der Waals surface area contributed by atoms with Crippen molar-refractivity contribution in [2.24, 2.45) is 0 Å². The molecule has 1 amide bonds. The van der Waals surface area contributed by atoms with Crippen LogP contribution < -0.4 is 10.0 Å². The van der Waals surface area contributed by atoms with E-state index >= 15 is 0 Å². The van der Waals surface area contributed by atoms with Crippen molar-refractivity contribution in [2.75, 3.05) is 19.6 Å². The first-order valence-electron chi connectivity index (χ1n) is 10.3. The van der Waals surface area contributed by atoms with Crippen LogP contribution in [0.1, 0.15) is 61.3 Å². The van der Waals surface area contributed by atoms with Crippen molar-refractivity contribution in [3.8, 4) is 0 Å². The molecule has 2 aromatic rings. The van der Waals surface area contributed by atoms with Crippen LogP contribution in [-0.2, 0) is 10.0 Å². The second-order valence-electron chi connectivity index (χ2n) is 8.82. The highest BCUT2D eigenvalue weighted by Gasteiger charge is 2.27. The summed E-state index contributed by atoms with van der Waals surface area (Å²) in [7, 11) is -3.72. The average molecular weight is 434 g/mol. The quantitative estimate of drug-likeness (QED) is 0.699. The molecule has 0 aliphatic carbocycles. The number of hydrogen-bond donors (Lipinski definition) is 2. The van der Waals surface area contributed by atoms with Crippen LogP contribution in [0.15, 0.2) is 45.9 Å². The summed E-state index contributed by atoms with van der Waals surface area (Å²) in [6.45, 7) is 9.45. The minimum Gasteiger partial charge on any atom is -0.468 e. The molecule has 1 aromatic heterocycles. The topological polar surface area (TPSA) is 91.6 Å². The van der Waals surface area contributed by atoms with Crippen molar-refractivity contribution < 1.29 is 17.6 Å².